The fourth-order valence-corrected chi connectivity index (χ4v) is 3.09. The SMILES string of the molecule is CN(C)c1ccccc1-c1ccc2nc(NC(=O)C3CC(=O)C3)nn2c1. The second-order valence-electron chi connectivity index (χ2n) is 6.70. The number of carbonyl (C=O) groups excluding carboxylic acids is 2. The molecule has 7 heteroatoms. The molecule has 26 heavy (non-hydrogen) atoms. The molecule has 3 aromatic rings. The topological polar surface area (TPSA) is 79.6 Å². The van der Waals surface area contributed by atoms with Crippen LogP contribution in [0.2, 0.25) is 0 Å². The lowest BCUT2D eigenvalue weighted by Gasteiger charge is -2.21. The van der Waals surface area contributed by atoms with Crippen LogP contribution in [0.1, 0.15) is 12.8 Å². The molecule has 0 aliphatic heterocycles. The number of aromatic nitrogens is 3. The van der Waals surface area contributed by atoms with Crippen LogP contribution in [0.15, 0.2) is 42.6 Å². The number of hydrogen-bond donors (Lipinski definition) is 1. The van der Waals surface area contributed by atoms with E-state index in [2.05, 4.69) is 32.4 Å². The smallest absolute Gasteiger partial charge is 0.249 e. The predicted molar refractivity (Wildman–Crippen MR) is 99.1 cm³/mol. The number of pyridine rings is 1. The number of anilines is 2. The number of hydrogen-bond acceptors (Lipinski definition) is 5. The predicted octanol–water partition coefficient (Wildman–Crippen LogP) is 2.38. The largest absolute Gasteiger partial charge is 0.377 e. The minimum atomic E-state index is -0.253. The van der Waals surface area contributed by atoms with Crippen LogP contribution < -0.4 is 10.2 Å². The first kappa shape index (κ1) is 16.3. The van der Waals surface area contributed by atoms with Crippen LogP contribution in [0.3, 0.4) is 0 Å². The summed E-state index contributed by atoms with van der Waals surface area (Å²) in [5, 5.41) is 7.05. The van der Waals surface area contributed by atoms with Gasteiger partial charge in [-0.1, -0.05) is 18.2 Å². The maximum Gasteiger partial charge on any atom is 0.249 e. The molecule has 132 valence electrons. The molecule has 1 aliphatic rings. The minimum Gasteiger partial charge on any atom is -0.377 e. The lowest BCUT2D eigenvalue weighted by atomic mass is 9.83. The summed E-state index contributed by atoms with van der Waals surface area (Å²) in [4.78, 5) is 29.5. The molecule has 1 saturated carbocycles. The van der Waals surface area contributed by atoms with E-state index in [0.717, 1.165) is 16.8 Å². The summed E-state index contributed by atoms with van der Waals surface area (Å²) in [5.41, 5.74) is 3.86. The number of para-hydroxylation sites is 1. The van der Waals surface area contributed by atoms with Gasteiger partial charge in [-0.3, -0.25) is 14.9 Å². The molecule has 2 heterocycles. The van der Waals surface area contributed by atoms with Gasteiger partial charge in [0.15, 0.2) is 5.65 Å². The molecule has 0 unspecified atom stereocenters. The first-order valence-electron chi connectivity index (χ1n) is 8.47. The summed E-state index contributed by atoms with van der Waals surface area (Å²) in [7, 11) is 4.01. The maximum absolute atomic E-state index is 12.1. The number of rotatable bonds is 4. The van der Waals surface area contributed by atoms with E-state index in [0.29, 0.717) is 18.5 Å². The van der Waals surface area contributed by atoms with Gasteiger partial charge >= 0.3 is 0 Å². The van der Waals surface area contributed by atoms with Gasteiger partial charge in [-0.05, 0) is 18.2 Å². The highest BCUT2D eigenvalue weighted by Crippen LogP contribution is 2.30. The average molecular weight is 349 g/mol. The van der Waals surface area contributed by atoms with Gasteiger partial charge < -0.3 is 4.90 Å². The number of benzene rings is 1. The molecule has 0 radical (unpaired) electrons. The lowest BCUT2D eigenvalue weighted by molar-refractivity contribution is -0.135. The summed E-state index contributed by atoms with van der Waals surface area (Å²) in [5.74, 6) is -0.0694. The van der Waals surface area contributed by atoms with E-state index >= 15 is 0 Å². The van der Waals surface area contributed by atoms with Crippen molar-refractivity contribution in [1.29, 1.82) is 0 Å². The van der Waals surface area contributed by atoms with E-state index in [-0.39, 0.29) is 23.6 Å². The van der Waals surface area contributed by atoms with Crippen LogP contribution in [-0.2, 0) is 9.59 Å². The Labute approximate surface area is 150 Å². The average Bonchev–Trinajstić information content (AvgIpc) is 3.00. The van der Waals surface area contributed by atoms with E-state index < -0.39 is 0 Å². The van der Waals surface area contributed by atoms with Gasteiger partial charge in [0.25, 0.3) is 0 Å². The molecule has 0 atom stereocenters. The van der Waals surface area contributed by atoms with Crippen LogP contribution >= 0.6 is 0 Å². The van der Waals surface area contributed by atoms with Crippen LogP contribution in [0.4, 0.5) is 11.6 Å². The third-order valence-corrected chi connectivity index (χ3v) is 4.58. The standard InChI is InChI=1S/C19H19N5O2/c1-23(2)16-6-4-3-5-15(16)12-7-8-17-20-19(22-24(17)11-12)21-18(26)13-9-14(25)10-13/h3-8,11,13H,9-10H2,1-2H3,(H,21,22,26). The summed E-state index contributed by atoms with van der Waals surface area (Å²) >= 11 is 0. The first-order valence-corrected chi connectivity index (χ1v) is 8.47. The van der Waals surface area contributed by atoms with Crippen molar-refractivity contribution in [2.24, 2.45) is 5.92 Å². The monoisotopic (exact) mass is 349 g/mol. The Morgan fingerprint density at radius 3 is 2.69 bits per heavy atom. The molecule has 0 saturated heterocycles. The van der Waals surface area contributed by atoms with Crippen molar-refractivity contribution < 1.29 is 9.59 Å². The maximum atomic E-state index is 12.1. The zero-order valence-corrected chi connectivity index (χ0v) is 14.6. The van der Waals surface area contributed by atoms with Gasteiger partial charge in [-0.2, -0.15) is 4.98 Å². The number of carbonyl (C=O) groups is 2. The first-order chi connectivity index (χ1) is 12.5. The zero-order chi connectivity index (χ0) is 18.3. The molecule has 4 rings (SSSR count). The Hall–Kier alpha value is -3.22. The van der Waals surface area contributed by atoms with Crippen molar-refractivity contribution >= 4 is 29.0 Å². The van der Waals surface area contributed by atoms with Crippen molar-refractivity contribution in [2.45, 2.75) is 12.8 Å². The molecular formula is C19H19N5O2. The molecule has 2 aromatic heterocycles. The van der Waals surface area contributed by atoms with Crippen molar-refractivity contribution in [2.75, 3.05) is 24.3 Å². The van der Waals surface area contributed by atoms with Crippen LogP contribution in [-0.4, -0.2) is 40.4 Å². The van der Waals surface area contributed by atoms with E-state index in [1.165, 1.54) is 0 Å². The molecule has 0 bridgehead atoms. The number of nitrogens with one attached hydrogen (secondary N) is 1. The number of Topliss-reactive ketones (excluding diaryl/α,β-unsaturated/α-hetero) is 1. The third kappa shape index (κ3) is 2.92. The van der Waals surface area contributed by atoms with Gasteiger partial charge in [-0.25, -0.2) is 4.52 Å². The van der Waals surface area contributed by atoms with E-state index in [1.807, 2.05) is 44.6 Å². The van der Waals surface area contributed by atoms with Gasteiger partial charge in [0, 0.05) is 49.9 Å². The Morgan fingerprint density at radius 2 is 1.96 bits per heavy atom. The molecule has 1 amide bonds. The van der Waals surface area contributed by atoms with Crippen molar-refractivity contribution in [3.8, 4) is 11.1 Å². The Morgan fingerprint density at radius 1 is 1.19 bits per heavy atom. The highest BCUT2D eigenvalue weighted by atomic mass is 16.2. The number of nitrogens with zero attached hydrogens (tertiary/aromatic N) is 4. The van der Waals surface area contributed by atoms with Crippen LogP contribution in [0.25, 0.3) is 16.8 Å². The minimum absolute atomic E-state index is 0.123. The Bertz CT molecular complexity index is 1000. The van der Waals surface area contributed by atoms with Crippen molar-refractivity contribution in [3.63, 3.8) is 0 Å². The normalized spacial score (nSPS) is 14.3. The Balaban J connectivity index is 1.62. The molecule has 0 spiro atoms. The van der Waals surface area contributed by atoms with Crippen LogP contribution in [0, 0.1) is 5.92 Å². The Kier molecular flexibility index (Phi) is 3.91. The summed E-state index contributed by atoms with van der Waals surface area (Å²) in [6.45, 7) is 0. The zero-order valence-electron chi connectivity index (χ0n) is 14.6. The van der Waals surface area contributed by atoms with Crippen LogP contribution in [0.5, 0.6) is 0 Å². The van der Waals surface area contributed by atoms with E-state index in [9.17, 15) is 9.59 Å². The van der Waals surface area contributed by atoms with Gasteiger partial charge in [-0.15, -0.1) is 5.10 Å². The van der Waals surface area contributed by atoms with Crippen molar-refractivity contribution in [1.82, 2.24) is 14.6 Å². The second-order valence-corrected chi connectivity index (χ2v) is 6.70. The van der Waals surface area contributed by atoms with E-state index in [4.69, 9.17) is 0 Å². The highest BCUT2D eigenvalue weighted by molar-refractivity contribution is 6.01. The summed E-state index contributed by atoms with van der Waals surface area (Å²) in [6.07, 6.45) is 2.52. The quantitative estimate of drug-likeness (QED) is 0.782. The highest BCUT2D eigenvalue weighted by Gasteiger charge is 2.33. The number of ketones is 1. The summed E-state index contributed by atoms with van der Waals surface area (Å²) in [6, 6.07) is 12.0. The van der Waals surface area contributed by atoms with Gasteiger partial charge in [0.2, 0.25) is 11.9 Å². The molecule has 1 N–H and O–H groups in total. The van der Waals surface area contributed by atoms with Crippen molar-refractivity contribution in [3.05, 3.63) is 42.6 Å². The lowest BCUT2D eigenvalue weighted by Crippen LogP contribution is -2.34. The fraction of sp³-hybridized carbons (Fsp3) is 0.263. The van der Waals surface area contributed by atoms with Gasteiger partial charge in [0.1, 0.15) is 5.78 Å². The molecule has 1 aliphatic carbocycles. The fourth-order valence-electron chi connectivity index (χ4n) is 3.09. The molecule has 7 nitrogen and oxygen atoms in total. The second kappa shape index (κ2) is 6.25. The van der Waals surface area contributed by atoms with E-state index in [1.54, 1.807) is 4.52 Å². The number of amides is 1. The van der Waals surface area contributed by atoms with Gasteiger partial charge in [0.05, 0.1) is 5.92 Å². The molecule has 1 aromatic carbocycles. The molecular weight excluding hydrogens is 330 g/mol. The third-order valence-electron chi connectivity index (χ3n) is 4.58. The molecule has 1 fully saturated rings. The number of fused-ring (bicyclic) bond motifs is 1. The summed E-state index contributed by atoms with van der Waals surface area (Å²) < 4.78 is 1.66.